The Balaban J connectivity index is 1.84. The number of unbranched alkanes of at least 4 members (excludes halogenated alkanes) is 1. The zero-order valence-electron chi connectivity index (χ0n) is 11.8. The smallest absolute Gasteiger partial charge is 0.250 e. The van der Waals surface area contributed by atoms with E-state index in [2.05, 4.69) is 22.4 Å². The van der Waals surface area contributed by atoms with Gasteiger partial charge in [-0.15, -0.1) is 10.2 Å². The number of aromatic nitrogens is 2. The fourth-order valence-corrected chi connectivity index (χ4v) is 3.41. The summed E-state index contributed by atoms with van der Waals surface area (Å²) < 4.78 is 0.894. The fourth-order valence-electron chi connectivity index (χ4n) is 1.51. The van der Waals surface area contributed by atoms with Gasteiger partial charge in [0.15, 0.2) is 4.34 Å². The summed E-state index contributed by atoms with van der Waals surface area (Å²) in [6, 6.07) is 9.69. The molecule has 0 saturated heterocycles. The monoisotopic (exact) mass is 319 g/mol. The fraction of sp³-hybridized carbons (Fsp3) is 0.267. The molecule has 0 unspecified atom stereocenters. The molecule has 0 aliphatic heterocycles. The van der Waals surface area contributed by atoms with Crippen molar-refractivity contribution in [3.05, 3.63) is 42.0 Å². The highest BCUT2D eigenvalue weighted by Gasteiger charge is 2.06. The molecule has 6 heteroatoms. The lowest BCUT2D eigenvalue weighted by Crippen LogP contribution is -2.07. The van der Waals surface area contributed by atoms with Gasteiger partial charge < -0.3 is 0 Å². The minimum atomic E-state index is -0.194. The van der Waals surface area contributed by atoms with Crippen LogP contribution in [0.4, 0.5) is 5.13 Å². The predicted octanol–water partition coefficient (Wildman–Crippen LogP) is 4.08. The number of anilines is 1. The summed E-state index contributed by atoms with van der Waals surface area (Å²) in [5.74, 6) is 0.840. The third-order valence-corrected chi connectivity index (χ3v) is 4.65. The van der Waals surface area contributed by atoms with E-state index in [1.165, 1.54) is 23.8 Å². The van der Waals surface area contributed by atoms with Crippen LogP contribution in [0.15, 0.2) is 40.7 Å². The van der Waals surface area contributed by atoms with Crippen LogP contribution in [0.25, 0.3) is 6.08 Å². The second kappa shape index (κ2) is 8.59. The van der Waals surface area contributed by atoms with Crippen molar-refractivity contribution in [2.75, 3.05) is 11.1 Å². The highest BCUT2D eigenvalue weighted by molar-refractivity contribution is 8.01. The molecule has 0 aliphatic carbocycles. The second-order valence-corrected chi connectivity index (χ2v) is 6.63. The van der Waals surface area contributed by atoms with Gasteiger partial charge in [-0.05, 0) is 18.1 Å². The molecule has 0 saturated carbocycles. The van der Waals surface area contributed by atoms with Crippen LogP contribution in [0.1, 0.15) is 25.3 Å². The van der Waals surface area contributed by atoms with Gasteiger partial charge in [-0.2, -0.15) is 0 Å². The number of thioether (sulfide) groups is 1. The summed E-state index contributed by atoms with van der Waals surface area (Å²) in [6.45, 7) is 2.16. The number of hydrogen-bond acceptors (Lipinski definition) is 5. The van der Waals surface area contributed by atoms with E-state index in [0.29, 0.717) is 5.13 Å². The number of carbonyl (C=O) groups is 1. The van der Waals surface area contributed by atoms with E-state index >= 15 is 0 Å². The van der Waals surface area contributed by atoms with E-state index in [-0.39, 0.29) is 5.91 Å². The average molecular weight is 319 g/mol. The molecule has 0 spiro atoms. The topological polar surface area (TPSA) is 54.9 Å². The lowest BCUT2D eigenvalue weighted by molar-refractivity contribution is -0.111. The van der Waals surface area contributed by atoms with Crippen LogP contribution in [0, 0.1) is 0 Å². The maximum absolute atomic E-state index is 11.8. The first-order valence-electron chi connectivity index (χ1n) is 6.78. The van der Waals surface area contributed by atoms with Crippen LogP contribution in [0.5, 0.6) is 0 Å². The standard InChI is InChI=1S/C15H17N3OS2/c1-2-3-11-20-15-18-17-14(21-15)16-13(19)10-9-12-7-5-4-6-8-12/h4-10H,2-3,11H2,1H3,(H,16,17,19)/b10-9+. The number of benzene rings is 1. The number of rotatable bonds is 7. The van der Waals surface area contributed by atoms with Gasteiger partial charge in [0.2, 0.25) is 11.0 Å². The van der Waals surface area contributed by atoms with Gasteiger partial charge in [0.05, 0.1) is 0 Å². The van der Waals surface area contributed by atoms with E-state index in [1.54, 1.807) is 17.8 Å². The zero-order valence-corrected chi connectivity index (χ0v) is 13.4. The molecule has 1 amide bonds. The molecule has 110 valence electrons. The third-order valence-electron chi connectivity index (χ3n) is 2.59. The van der Waals surface area contributed by atoms with Crippen LogP contribution in [-0.2, 0) is 4.79 Å². The van der Waals surface area contributed by atoms with Gasteiger partial charge >= 0.3 is 0 Å². The van der Waals surface area contributed by atoms with Gasteiger partial charge in [0.1, 0.15) is 0 Å². The molecule has 21 heavy (non-hydrogen) atoms. The van der Waals surface area contributed by atoms with Crippen molar-refractivity contribution in [1.29, 1.82) is 0 Å². The highest BCUT2D eigenvalue weighted by Crippen LogP contribution is 2.26. The molecule has 1 N–H and O–H groups in total. The maximum atomic E-state index is 11.8. The Morgan fingerprint density at radius 2 is 2.14 bits per heavy atom. The van der Waals surface area contributed by atoms with E-state index < -0.39 is 0 Å². The Hall–Kier alpha value is -1.66. The normalized spacial score (nSPS) is 10.9. The Bertz CT molecular complexity index is 596. The molecule has 0 aliphatic rings. The number of carbonyl (C=O) groups excluding carboxylic acids is 1. The SMILES string of the molecule is CCCCSc1nnc(NC(=O)/C=C/c2ccccc2)s1. The Morgan fingerprint density at radius 1 is 1.33 bits per heavy atom. The molecule has 1 aromatic carbocycles. The van der Waals surface area contributed by atoms with Gasteiger partial charge in [-0.1, -0.05) is 66.8 Å². The first kappa shape index (κ1) is 15.7. The summed E-state index contributed by atoms with van der Waals surface area (Å²) in [6.07, 6.45) is 5.60. The minimum Gasteiger partial charge on any atom is -0.297 e. The van der Waals surface area contributed by atoms with Crippen molar-refractivity contribution >= 4 is 40.2 Å². The van der Waals surface area contributed by atoms with Gasteiger partial charge in [0, 0.05) is 11.8 Å². The van der Waals surface area contributed by atoms with E-state index in [1.807, 2.05) is 30.3 Å². The molecule has 0 bridgehead atoms. The van der Waals surface area contributed by atoms with Crippen molar-refractivity contribution in [3.8, 4) is 0 Å². The number of nitrogens with zero attached hydrogens (tertiary/aromatic N) is 2. The average Bonchev–Trinajstić information content (AvgIpc) is 2.94. The summed E-state index contributed by atoms with van der Waals surface area (Å²) in [7, 11) is 0. The molecule has 0 atom stereocenters. The van der Waals surface area contributed by atoms with Crippen molar-refractivity contribution in [2.45, 2.75) is 24.1 Å². The molecular formula is C15H17N3OS2. The predicted molar refractivity (Wildman–Crippen MR) is 89.6 cm³/mol. The molecule has 4 nitrogen and oxygen atoms in total. The van der Waals surface area contributed by atoms with Crippen molar-refractivity contribution in [1.82, 2.24) is 10.2 Å². The molecule has 0 radical (unpaired) electrons. The van der Waals surface area contributed by atoms with Crippen LogP contribution in [0.2, 0.25) is 0 Å². The largest absolute Gasteiger partial charge is 0.297 e. The quantitative estimate of drug-likeness (QED) is 0.361. The van der Waals surface area contributed by atoms with E-state index in [0.717, 1.165) is 22.1 Å². The van der Waals surface area contributed by atoms with Gasteiger partial charge in [-0.3, -0.25) is 10.1 Å². The first-order valence-corrected chi connectivity index (χ1v) is 8.58. The third kappa shape index (κ3) is 5.69. The van der Waals surface area contributed by atoms with Crippen LogP contribution >= 0.6 is 23.1 Å². The molecule has 2 aromatic rings. The Labute approximate surface area is 132 Å². The van der Waals surface area contributed by atoms with Gasteiger partial charge in [0.25, 0.3) is 0 Å². The summed E-state index contributed by atoms with van der Waals surface area (Å²) in [5.41, 5.74) is 0.987. The van der Waals surface area contributed by atoms with E-state index in [4.69, 9.17) is 0 Å². The number of amides is 1. The number of nitrogens with one attached hydrogen (secondary N) is 1. The molecule has 1 aromatic heterocycles. The Morgan fingerprint density at radius 3 is 2.90 bits per heavy atom. The van der Waals surface area contributed by atoms with Crippen molar-refractivity contribution < 1.29 is 4.79 Å². The highest BCUT2D eigenvalue weighted by atomic mass is 32.2. The van der Waals surface area contributed by atoms with Crippen LogP contribution in [-0.4, -0.2) is 21.9 Å². The van der Waals surface area contributed by atoms with E-state index in [9.17, 15) is 4.79 Å². The first-order chi connectivity index (χ1) is 10.3. The molecule has 0 fully saturated rings. The lowest BCUT2D eigenvalue weighted by Gasteiger charge is -1.95. The summed E-state index contributed by atoms with van der Waals surface area (Å²) in [5, 5.41) is 11.3. The number of hydrogen-bond donors (Lipinski definition) is 1. The van der Waals surface area contributed by atoms with Crippen molar-refractivity contribution in [3.63, 3.8) is 0 Å². The molecule has 2 rings (SSSR count). The molecule has 1 heterocycles. The second-order valence-electron chi connectivity index (χ2n) is 4.31. The Kier molecular flexibility index (Phi) is 6.43. The van der Waals surface area contributed by atoms with Crippen LogP contribution < -0.4 is 5.32 Å². The van der Waals surface area contributed by atoms with Crippen molar-refractivity contribution in [2.24, 2.45) is 0 Å². The minimum absolute atomic E-state index is 0.194. The van der Waals surface area contributed by atoms with Gasteiger partial charge in [-0.25, -0.2) is 0 Å². The summed E-state index contributed by atoms with van der Waals surface area (Å²) >= 11 is 3.09. The lowest BCUT2D eigenvalue weighted by atomic mass is 10.2. The summed E-state index contributed by atoms with van der Waals surface area (Å²) in [4.78, 5) is 11.8. The molecular weight excluding hydrogens is 302 g/mol. The zero-order chi connectivity index (χ0) is 14.9. The maximum Gasteiger partial charge on any atom is 0.250 e. The van der Waals surface area contributed by atoms with Crippen LogP contribution in [0.3, 0.4) is 0 Å².